The van der Waals surface area contributed by atoms with Gasteiger partial charge in [0.15, 0.2) is 0 Å². The molecule has 0 heterocycles. The minimum atomic E-state index is -0.746. The van der Waals surface area contributed by atoms with Crippen molar-refractivity contribution in [3.63, 3.8) is 0 Å². The summed E-state index contributed by atoms with van der Waals surface area (Å²) in [5, 5.41) is 12.3. The Morgan fingerprint density at radius 3 is 2.34 bits per heavy atom. The van der Waals surface area contributed by atoms with Crippen LogP contribution in [0.3, 0.4) is 0 Å². The summed E-state index contributed by atoms with van der Waals surface area (Å²) in [6, 6.07) is 22.7. The molecule has 0 fully saturated rings. The van der Waals surface area contributed by atoms with Gasteiger partial charge in [0.1, 0.15) is 18.1 Å². The average Bonchev–Trinajstić information content (AvgIpc) is 2.89. The van der Waals surface area contributed by atoms with E-state index in [9.17, 15) is 14.7 Å². The maximum atomic E-state index is 12.4. The van der Waals surface area contributed by atoms with Crippen molar-refractivity contribution in [2.45, 2.75) is 32.6 Å². The van der Waals surface area contributed by atoms with E-state index in [2.05, 4.69) is 12.2 Å². The lowest BCUT2D eigenvalue weighted by Gasteiger charge is -2.13. The summed E-state index contributed by atoms with van der Waals surface area (Å²) in [4.78, 5) is 23.9. The molecule has 0 aliphatic carbocycles. The van der Waals surface area contributed by atoms with Gasteiger partial charge in [-0.3, -0.25) is 9.59 Å². The Balaban J connectivity index is 1.44. The molecule has 3 aromatic carbocycles. The normalized spacial score (nSPS) is 11.5. The van der Waals surface area contributed by atoms with E-state index in [1.165, 1.54) is 0 Å². The highest BCUT2D eigenvalue weighted by molar-refractivity contribution is 5.94. The van der Waals surface area contributed by atoms with E-state index in [-0.39, 0.29) is 11.8 Å². The summed E-state index contributed by atoms with van der Waals surface area (Å²) in [6.07, 6.45) is 3.10. The Bertz CT molecular complexity index is 1090. The van der Waals surface area contributed by atoms with Crippen LogP contribution in [0.2, 0.25) is 0 Å². The van der Waals surface area contributed by atoms with Crippen LogP contribution < -0.4 is 14.8 Å². The molecule has 0 spiro atoms. The topological polar surface area (TPSA) is 84.9 Å². The first-order valence-corrected chi connectivity index (χ1v) is 12.0. The zero-order chi connectivity index (χ0) is 25.0. The first-order valence-electron chi connectivity index (χ1n) is 12.0. The van der Waals surface area contributed by atoms with E-state index in [1.807, 2.05) is 60.7 Å². The third-order valence-electron chi connectivity index (χ3n) is 5.87. The van der Waals surface area contributed by atoms with Gasteiger partial charge in [-0.05, 0) is 65.9 Å². The second-order valence-electron chi connectivity index (χ2n) is 8.44. The summed E-state index contributed by atoms with van der Waals surface area (Å²) in [5.41, 5.74) is 3.59. The molecule has 6 heteroatoms. The number of aliphatic carboxylic acids is 1. The highest BCUT2D eigenvalue weighted by Crippen LogP contribution is 2.24. The number of nitrogens with one attached hydrogen (secondary N) is 1. The summed E-state index contributed by atoms with van der Waals surface area (Å²) in [6.45, 7) is 2.77. The minimum absolute atomic E-state index is 0.159. The molecule has 35 heavy (non-hydrogen) atoms. The number of carbonyl (C=O) groups is 2. The summed E-state index contributed by atoms with van der Waals surface area (Å²) >= 11 is 0. The van der Waals surface area contributed by atoms with Crippen LogP contribution in [0, 0.1) is 5.92 Å². The molecule has 1 unspecified atom stereocenters. The fourth-order valence-electron chi connectivity index (χ4n) is 3.82. The van der Waals surface area contributed by atoms with Gasteiger partial charge in [-0.2, -0.15) is 0 Å². The van der Waals surface area contributed by atoms with Crippen LogP contribution in [0.1, 0.15) is 42.1 Å². The molecule has 0 radical (unpaired) electrons. The number of unbranched alkanes of at least 4 members (excludes halogenated alkanes) is 1. The first-order chi connectivity index (χ1) is 17.0. The highest BCUT2D eigenvalue weighted by Gasteiger charge is 2.17. The van der Waals surface area contributed by atoms with Crippen LogP contribution in [0.5, 0.6) is 11.5 Å². The molecule has 3 rings (SSSR count). The lowest BCUT2D eigenvalue weighted by Crippen LogP contribution is -2.28. The highest BCUT2D eigenvalue weighted by atomic mass is 16.5. The first kappa shape index (κ1) is 25.8. The second kappa shape index (κ2) is 13.2. The van der Waals surface area contributed by atoms with E-state index in [4.69, 9.17) is 9.47 Å². The average molecular weight is 476 g/mol. The third-order valence-corrected chi connectivity index (χ3v) is 5.87. The number of methoxy groups -OCH3 is 1. The van der Waals surface area contributed by atoms with Crippen molar-refractivity contribution in [3.8, 4) is 22.6 Å². The number of carboxylic acids is 1. The van der Waals surface area contributed by atoms with Gasteiger partial charge in [-0.1, -0.05) is 56.2 Å². The lowest BCUT2D eigenvalue weighted by molar-refractivity contribution is -0.142. The van der Waals surface area contributed by atoms with Crippen LogP contribution in [0.25, 0.3) is 11.1 Å². The van der Waals surface area contributed by atoms with Crippen LogP contribution in [0.4, 0.5) is 0 Å². The molecule has 0 saturated heterocycles. The van der Waals surface area contributed by atoms with Crippen molar-refractivity contribution in [1.82, 2.24) is 5.32 Å². The predicted molar refractivity (Wildman–Crippen MR) is 137 cm³/mol. The van der Waals surface area contributed by atoms with Gasteiger partial charge in [0, 0.05) is 5.56 Å². The maximum Gasteiger partial charge on any atom is 0.306 e. The Morgan fingerprint density at radius 2 is 1.69 bits per heavy atom. The molecular formula is C29H33NO5. The van der Waals surface area contributed by atoms with Gasteiger partial charge >= 0.3 is 5.97 Å². The maximum absolute atomic E-state index is 12.4. The van der Waals surface area contributed by atoms with Crippen LogP contribution >= 0.6 is 0 Å². The van der Waals surface area contributed by atoms with Crippen molar-refractivity contribution >= 4 is 11.9 Å². The van der Waals surface area contributed by atoms with E-state index in [0.29, 0.717) is 37.3 Å². The quantitative estimate of drug-likeness (QED) is 0.314. The van der Waals surface area contributed by atoms with Crippen LogP contribution in [-0.4, -0.2) is 37.2 Å². The van der Waals surface area contributed by atoms with Crippen LogP contribution in [-0.2, 0) is 11.2 Å². The van der Waals surface area contributed by atoms with E-state index < -0.39 is 5.97 Å². The smallest absolute Gasteiger partial charge is 0.306 e. The van der Waals surface area contributed by atoms with Gasteiger partial charge in [-0.15, -0.1) is 0 Å². The summed E-state index contributed by atoms with van der Waals surface area (Å²) in [5.74, 6) is 0.209. The Labute approximate surface area is 206 Å². The number of benzene rings is 3. The van der Waals surface area contributed by atoms with Crippen molar-refractivity contribution in [2.24, 2.45) is 5.92 Å². The van der Waals surface area contributed by atoms with E-state index in [1.54, 1.807) is 19.2 Å². The number of carbonyl (C=O) groups excluding carboxylic acids is 1. The number of amides is 1. The molecular weight excluding hydrogens is 442 g/mol. The lowest BCUT2D eigenvalue weighted by atomic mass is 9.94. The fraction of sp³-hybridized carbons (Fsp3) is 0.310. The minimum Gasteiger partial charge on any atom is -0.497 e. The van der Waals surface area contributed by atoms with E-state index in [0.717, 1.165) is 35.3 Å². The molecule has 2 N–H and O–H groups in total. The Hall–Kier alpha value is -3.80. The van der Waals surface area contributed by atoms with Gasteiger partial charge in [0.25, 0.3) is 5.91 Å². The monoisotopic (exact) mass is 475 g/mol. The molecule has 1 atom stereocenters. The number of ether oxygens (including phenoxy) is 2. The summed E-state index contributed by atoms with van der Waals surface area (Å²) < 4.78 is 11.0. The van der Waals surface area contributed by atoms with Crippen molar-refractivity contribution in [1.29, 1.82) is 0 Å². The molecule has 0 bridgehead atoms. The van der Waals surface area contributed by atoms with Gasteiger partial charge in [-0.25, -0.2) is 0 Å². The molecule has 6 nitrogen and oxygen atoms in total. The number of hydrogen-bond donors (Lipinski definition) is 2. The van der Waals surface area contributed by atoms with Crippen molar-refractivity contribution in [3.05, 3.63) is 83.9 Å². The SMILES string of the molecule is CCCCC(Cc1ccc(OCCNC(=O)c2ccc(-c3cccc(OC)c3)cc2)cc1)C(=O)O. The Kier molecular flexibility index (Phi) is 9.72. The predicted octanol–water partition coefficient (Wildman–Crippen LogP) is 5.60. The molecule has 184 valence electrons. The number of carboxylic acid groups (broad SMARTS) is 1. The Morgan fingerprint density at radius 1 is 0.943 bits per heavy atom. The zero-order valence-electron chi connectivity index (χ0n) is 20.3. The van der Waals surface area contributed by atoms with Gasteiger partial charge < -0.3 is 19.9 Å². The van der Waals surface area contributed by atoms with Crippen molar-refractivity contribution < 1.29 is 24.2 Å². The molecule has 0 aromatic heterocycles. The fourth-order valence-corrected chi connectivity index (χ4v) is 3.82. The molecule has 0 aliphatic rings. The molecule has 0 aliphatic heterocycles. The third kappa shape index (κ3) is 7.88. The number of hydrogen-bond acceptors (Lipinski definition) is 4. The largest absolute Gasteiger partial charge is 0.497 e. The second-order valence-corrected chi connectivity index (χ2v) is 8.44. The van der Waals surface area contributed by atoms with Gasteiger partial charge in [0.05, 0.1) is 19.6 Å². The van der Waals surface area contributed by atoms with E-state index >= 15 is 0 Å². The summed E-state index contributed by atoms with van der Waals surface area (Å²) in [7, 11) is 1.64. The molecule has 3 aromatic rings. The standard InChI is InChI=1S/C29H33NO5/c1-3-4-6-25(29(32)33)19-21-9-15-26(16-10-21)35-18-17-30-28(31)23-13-11-22(12-14-23)24-7-5-8-27(20-24)34-2/h5,7-16,20,25H,3-4,6,17-19H2,1-2H3,(H,30,31)(H,32,33). The van der Waals surface area contributed by atoms with Crippen molar-refractivity contribution in [2.75, 3.05) is 20.3 Å². The molecule has 0 saturated carbocycles. The van der Waals surface area contributed by atoms with Gasteiger partial charge in [0.2, 0.25) is 0 Å². The zero-order valence-corrected chi connectivity index (χ0v) is 20.3. The van der Waals surface area contributed by atoms with Crippen LogP contribution in [0.15, 0.2) is 72.8 Å². The molecule has 1 amide bonds. The number of rotatable bonds is 13.